The Balaban J connectivity index is 2.06. The topological polar surface area (TPSA) is 107 Å². The highest BCUT2D eigenvalue weighted by atomic mass is 16.4. The van der Waals surface area contributed by atoms with Gasteiger partial charge in [-0.15, -0.1) is 0 Å². The van der Waals surface area contributed by atoms with Crippen LogP contribution in [0, 0.1) is 6.92 Å². The van der Waals surface area contributed by atoms with Crippen molar-refractivity contribution in [2.24, 2.45) is 0 Å². The zero-order chi connectivity index (χ0) is 16.3. The van der Waals surface area contributed by atoms with Crippen LogP contribution >= 0.6 is 0 Å². The number of H-pyrrole nitrogens is 1. The Hall–Kier alpha value is -2.57. The molecule has 118 valence electrons. The van der Waals surface area contributed by atoms with E-state index >= 15 is 0 Å². The monoisotopic (exact) mass is 304 g/mol. The highest BCUT2D eigenvalue weighted by Gasteiger charge is 2.22. The summed E-state index contributed by atoms with van der Waals surface area (Å²) in [7, 11) is 0. The number of aryl methyl sites for hydroxylation is 1. The standard InChI is InChI=1S/C15H20N4O3/c1-9-4-5-11(13-10(9)8-16-19-13)17-14(22)18-15(2,3)7-6-12(20)21/h4-5,8H,6-7H2,1-3H3,(H,16,19)(H,20,21)(H2,17,18,22). The van der Waals surface area contributed by atoms with Gasteiger partial charge in [-0.1, -0.05) is 6.07 Å². The van der Waals surface area contributed by atoms with E-state index in [2.05, 4.69) is 20.8 Å². The second kappa shape index (κ2) is 6.05. The van der Waals surface area contributed by atoms with Crippen LogP contribution in [0.2, 0.25) is 0 Å². The first-order valence-electron chi connectivity index (χ1n) is 7.02. The van der Waals surface area contributed by atoms with Gasteiger partial charge in [0, 0.05) is 17.3 Å². The Morgan fingerprint density at radius 2 is 2.09 bits per heavy atom. The minimum Gasteiger partial charge on any atom is -0.481 e. The fraction of sp³-hybridized carbons (Fsp3) is 0.400. The number of nitrogens with zero attached hydrogens (tertiary/aromatic N) is 1. The second-order valence-corrected chi connectivity index (χ2v) is 5.95. The van der Waals surface area contributed by atoms with Crippen LogP contribution in [0.1, 0.15) is 32.3 Å². The maximum Gasteiger partial charge on any atom is 0.319 e. The smallest absolute Gasteiger partial charge is 0.319 e. The number of urea groups is 1. The fourth-order valence-corrected chi connectivity index (χ4v) is 2.22. The van der Waals surface area contributed by atoms with Gasteiger partial charge in [-0.2, -0.15) is 5.10 Å². The highest BCUT2D eigenvalue weighted by Crippen LogP contribution is 2.24. The van der Waals surface area contributed by atoms with Crippen LogP contribution in [0.3, 0.4) is 0 Å². The van der Waals surface area contributed by atoms with E-state index < -0.39 is 11.5 Å². The number of benzene rings is 1. The van der Waals surface area contributed by atoms with Crippen molar-refractivity contribution in [3.8, 4) is 0 Å². The molecule has 0 saturated carbocycles. The molecule has 2 aromatic rings. The third kappa shape index (κ3) is 3.75. The third-order valence-electron chi connectivity index (χ3n) is 3.50. The van der Waals surface area contributed by atoms with Gasteiger partial charge in [0.2, 0.25) is 0 Å². The van der Waals surface area contributed by atoms with Crippen molar-refractivity contribution in [3.05, 3.63) is 23.9 Å². The van der Waals surface area contributed by atoms with Gasteiger partial charge >= 0.3 is 12.0 Å². The van der Waals surface area contributed by atoms with Crippen molar-refractivity contribution in [1.82, 2.24) is 15.5 Å². The fourth-order valence-electron chi connectivity index (χ4n) is 2.22. The van der Waals surface area contributed by atoms with Gasteiger partial charge in [-0.3, -0.25) is 9.89 Å². The Morgan fingerprint density at radius 3 is 2.77 bits per heavy atom. The minimum absolute atomic E-state index is 0.00258. The summed E-state index contributed by atoms with van der Waals surface area (Å²) in [6, 6.07) is 3.33. The number of carbonyl (C=O) groups is 2. The molecular weight excluding hydrogens is 284 g/mol. The summed E-state index contributed by atoms with van der Waals surface area (Å²) in [5.74, 6) is -0.881. The number of nitrogens with one attached hydrogen (secondary N) is 3. The number of amides is 2. The normalized spacial score (nSPS) is 11.4. The van der Waals surface area contributed by atoms with E-state index in [4.69, 9.17) is 5.11 Å². The summed E-state index contributed by atoms with van der Waals surface area (Å²) < 4.78 is 0. The molecule has 2 amide bonds. The van der Waals surface area contributed by atoms with E-state index in [1.165, 1.54) is 0 Å². The molecule has 0 bridgehead atoms. The van der Waals surface area contributed by atoms with Gasteiger partial charge < -0.3 is 15.7 Å². The number of hydrogen-bond donors (Lipinski definition) is 4. The van der Waals surface area contributed by atoms with E-state index in [-0.39, 0.29) is 12.5 Å². The summed E-state index contributed by atoms with van der Waals surface area (Å²) in [4.78, 5) is 22.8. The predicted octanol–water partition coefficient (Wildman–Crippen LogP) is 2.64. The molecule has 7 heteroatoms. The summed E-state index contributed by atoms with van der Waals surface area (Å²) in [6.45, 7) is 5.55. The van der Waals surface area contributed by atoms with Gasteiger partial charge in [0.1, 0.15) is 0 Å². The van der Waals surface area contributed by atoms with Gasteiger partial charge in [-0.05, 0) is 38.8 Å². The second-order valence-electron chi connectivity index (χ2n) is 5.95. The van der Waals surface area contributed by atoms with Crippen LogP contribution in [0.25, 0.3) is 10.9 Å². The summed E-state index contributed by atoms with van der Waals surface area (Å²) in [5, 5.41) is 22.1. The first-order chi connectivity index (χ1) is 10.3. The van der Waals surface area contributed by atoms with E-state index in [1.54, 1.807) is 26.1 Å². The van der Waals surface area contributed by atoms with Crippen LogP contribution < -0.4 is 10.6 Å². The lowest BCUT2D eigenvalue weighted by Gasteiger charge is -2.25. The van der Waals surface area contributed by atoms with Crippen molar-refractivity contribution in [2.45, 2.75) is 39.2 Å². The van der Waals surface area contributed by atoms with Crippen LogP contribution in [0.15, 0.2) is 18.3 Å². The molecule has 0 radical (unpaired) electrons. The molecule has 0 unspecified atom stereocenters. The average molecular weight is 304 g/mol. The van der Waals surface area contributed by atoms with Crippen LogP contribution in [0.5, 0.6) is 0 Å². The highest BCUT2D eigenvalue weighted by molar-refractivity contribution is 6.00. The minimum atomic E-state index is -0.881. The van der Waals surface area contributed by atoms with Gasteiger partial charge in [-0.25, -0.2) is 4.79 Å². The quantitative estimate of drug-likeness (QED) is 0.681. The number of carbonyl (C=O) groups excluding carboxylic acids is 1. The van der Waals surface area contributed by atoms with Crippen LogP contribution in [-0.4, -0.2) is 32.8 Å². The lowest BCUT2D eigenvalue weighted by molar-refractivity contribution is -0.137. The molecule has 22 heavy (non-hydrogen) atoms. The zero-order valence-corrected chi connectivity index (χ0v) is 12.9. The van der Waals surface area contributed by atoms with Crippen molar-refractivity contribution in [3.63, 3.8) is 0 Å². The van der Waals surface area contributed by atoms with E-state index in [0.717, 1.165) is 16.5 Å². The molecule has 0 aliphatic rings. The van der Waals surface area contributed by atoms with Crippen molar-refractivity contribution in [1.29, 1.82) is 0 Å². The van der Waals surface area contributed by atoms with Crippen LogP contribution in [-0.2, 0) is 4.79 Å². The first kappa shape index (κ1) is 15.8. The SMILES string of the molecule is Cc1ccc(NC(=O)NC(C)(C)CCC(=O)O)c2[nH]ncc12. The Bertz CT molecular complexity index is 706. The van der Waals surface area contributed by atoms with Gasteiger partial charge in [0.25, 0.3) is 0 Å². The lowest BCUT2D eigenvalue weighted by Crippen LogP contribution is -2.45. The number of aliphatic carboxylic acids is 1. The van der Waals surface area contributed by atoms with E-state index in [0.29, 0.717) is 12.1 Å². The summed E-state index contributed by atoms with van der Waals surface area (Å²) >= 11 is 0. The van der Waals surface area contributed by atoms with Crippen molar-refractivity contribution < 1.29 is 14.7 Å². The maximum atomic E-state index is 12.1. The van der Waals surface area contributed by atoms with Crippen molar-refractivity contribution in [2.75, 3.05) is 5.32 Å². The van der Waals surface area contributed by atoms with Crippen LogP contribution in [0.4, 0.5) is 10.5 Å². The molecule has 0 spiro atoms. The first-order valence-corrected chi connectivity index (χ1v) is 7.02. The Morgan fingerprint density at radius 1 is 1.36 bits per heavy atom. The number of aromatic nitrogens is 2. The number of aromatic amines is 1. The molecule has 0 atom stereocenters. The lowest BCUT2D eigenvalue weighted by atomic mass is 9.99. The number of carboxylic acid groups (broad SMARTS) is 1. The number of anilines is 1. The largest absolute Gasteiger partial charge is 0.481 e. The van der Waals surface area contributed by atoms with Crippen molar-refractivity contribution >= 4 is 28.6 Å². The molecule has 4 N–H and O–H groups in total. The summed E-state index contributed by atoms with van der Waals surface area (Å²) in [5.41, 5.74) is 1.85. The summed E-state index contributed by atoms with van der Waals surface area (Å²) in [6.07, 6.45) is 2.07. The molecule has 1 aromatic carbocycles. The third-order valence-corrected chi connectivity index (χ3v) is 3.50. The Labute approximate surface area is 128 Å². The maximum absolute atomic E-state index is 12.1. The molecule has 0 saturated heterocycles. The van der Waals surface area contributed by atoms with Gasteiger partial charge in [0.15, 0.2) is 0 Å². The number of carboxylic acids is 1. The van der Waals surface area contributed by atoms with E-state index in [9.17, 15) is 9.59 Å². The predicted molar refractivity (Wildman–Crippen MR) is 83.9 cm³/mol. The van der Waals surface area contributed by atoms with Gasteiger partial charge in [0.05, 0.1) is 17.4 Å². The number of fused-ring (bicyclic) bond motifs is 1. The molecule has 2 rings (SSSR count). The molecule has 0 fully saturated rings. The molecule has 0 aliphatic heterocycles. The number of rotatable bonds is 5. The molecular formula is C15H20N4O3. The zero-order valence-electron chi connectivity index (χ0n) is 12.9. The molecule has 7 nitrogen and oxygen atoms in total. The van der Waals surface area contributed by atoms with E-state index in [1.807, 2.05) is 13.0 Å². The average Bonchev–Trinajstić information content (AvgIpc) is 2.90. The molecule has 0 aliphatic carbocycles. The molecule has 1 heterocycles. The Kier molecular flexibility index (Phi) is 4.35. The molecule has 1 aromatic heterocycles. The number of hydrogen-bond acceptors (Lipinski definition) is 3.